The Hall–Kier alpha value is -0.730. The summed E-state index contributed by atoms with van der Waals surface area (Å²) in [4.78, 5) is 0. The summed E-state index contributed by atoms with van der Waals surface area (Å²) in [7, 11) is 0. The van der Waals surface area contributed by atoms with E-state index in [1.165, 1.54) is 12.0 Å². The van der Waals surface area contributed by atoms with E-state index in [4.69, 9.17) is 16.3 Å². The molecule has 1 aromatic carbocycles. The predicted molar refractivity (Wildman–Crippen MR) is 62.7 cm³/mol. The van der Waals surface area contributed by atoms with Crippen LogP contribution < -0.4 is 10.1 Å². The lowest BCUT2D eigenvalue weighted by atomic mass is 10.1. The summed E-state index contributed by atoms with van der Waals surface area (Å²) >= 11 is 6.07. The van der Waals surface area contributed by atoms with E-state index in [2.05, 4.69) is 5.32 Å². The minimum atomic E-state index is 0.262. The number of halogens is 1. The van der Waals surface area contributed by atoms with E-state index >= 15 is 0 Å². The lowest BCUT2D eigenvalue weighted by Gasteiger charge is -2.24. The molecule has 1 aliphatic rings. The highest BCUT2D eigenvalue weighted by Crippen LogP contribution is 2.27. The first-order valence-corrected chi connectivity index (χ1v) is 5.77. The zero-order valence-electron chi connectivity index (χ0n) is 8.92. The molecule has 1 N–H and O–H groups in total. The average Bonchev–Trinajstić information content (AvgIpc) is 2.25. The van der Waals surface area contributed by atoms with Crippen molar-refractivity contribution in [2.45, 2.75) is 25.9 Å². The minimum absolute atomic E-state index is 0.262. The van der Waals surface area contributed by atoms with Gasteiger partial charge in [-0.3, -0.25) is 0 Å². The molecule has 82 valence electrons. The number of benzene rings is 1. The molecule has 1 heterocycles. The summed E-state index contributed by atoms with van der Waals surface area (Å²) in [6.07, 6.45) is 2.55. The maximum absolute atomic E-state index is 6.07. The molecule has 0 aliphatic carbocycles. The van der Waals surface area contributed by atoms with Crippen LogP contribution >= 0.6 is 11.6 Å². The van der Waals surface area contributed by atoms with Crippen LogP contribution in [0.15, 0.2) is 18.2 Å². The molecule has 1 atom stereocenters. The molecular weight excluding hydrogens is 210 g/mol. The Kier molecular flexibility index (Phi) is 3.49. The van der Waals surface area contributed by atoms with Crippen LogP contribution in [0.4, 0.5) is 0 Å². The molecule has 1 aliphatic heterocycles. The molecule has 2 rings (SSSR count). The summed E-state index contributed by atoms with van der Waals surface area (Å²) < 4.78 is 5.87. The van der Waals surface area contributed by atoms with Crippen molar-refractivity contribution in [2.24, 2.45) is 0 Å². The van der Waals surface area contributed by atoms with Crippen molar-refractivity contribution in [1.29, 1.82) is 0 Å². The second-order valence-corrected chi connectivity index (χ2v) is 4.43. The fraction of sp³-hybridized carbons (Fsp3) is 0.500. The van der Waals surface area contributed by atoms with Gasteiger partial charge in [0.05, 0.1) is 5.02 Å². The SMILES string of the molecule is Cc1ccc(Cl)c(OC2CCCNC2)c1. The molecule has 1 fully saturated rings. The predicted octanol–water partition coefficient (Wildman–Crippen LogP) is 2.78. The van der Waals surface area contributed by atoms with Crippen LogP contribution in [-0.4, -0.2) is 19.2 Å². The second-order valence-electron chi connectivity index (χ2n) is 4.02. The van der Waals surface area contributed by atoms with E-state index in [9.17, 15) is 0 Å². The van der Waals surface area contributed by atoms with Gasteiger partial charge < -0.3 is 10.1 Å². The molecule has 0 amide bonds. The van der Waals surface area contributed by atoms with Crippen LogP contribution in [0.5, 0.6) is 5.75 Å². The van der Waals surface area contributed by atoms with Gasteiger partial charge in [-0.2, -0.15) is 0 Å². The maximum atomic E-state index is 6.07. The van der Waals surface area contributed by atoms with Gasteiger partial charge in [-0.15, -0.1) is 0 Å². The molecule has 0 bridgehead atoms. The summed E-state index contributed by atoms with van der Waals surface area (Å²) in [6.45, 7) is 4.06. The van der Waals surface area contributed by atoms with E-state index in [-0.39, 0.29) is 6.10 Å². The van der Waals surface area contributed by atoms with Crippen molar-refractivity contribution in [3.8, 4) is 5.75 Å². The highest BCUT2D eigenvalue weighted by Gasteiger charge is 2.15. The van der Waals surface area contributed by atoms with Gasteiger partial charge in [-0.1, -0.05) is 17.7 Å². The summed E-state index contributed by atoms with van der Waals surface area (Å²) in [5.41, 5.74) is 1.18. The highest BCUT2D eigenvalue weighted by atomic mass is 35.5. The molecule has 0 spiro atoms. The number of hydrogen-bond donors (Lipinski definition) is 1. The first-order valence-electron chi connectivity index (χ1n) is 5.39. The Labute approximate surface area is 95.6 Å². The number of piperidine rings is 1. The number of hydrogen-bond acceptors (Lipinski definition) is 2. The monoisotopic (exact) mass is 225 g/mol. The lowest BCUT2D eigenvalue weighted by molar-refractivity contribution is 0.167. The van der Waals surface area contributed by atoms with Crippen molar-refractivity contribution in [2.75, 3.05) is 13.1 Å². The van der Waals surface area contributed by atoms with Gasteiger partial charge in [0.1, 0.15) is 11.9 Å². The van der Waals surface area contributed by atoms with Gasteiger partial charge in [0.2, 0.25) is 0 Å². The summed E-state index contributed by atoms with van der Waals surface area (Å²) in [6, 6.07) is 5.88. The van der Waals surface area contributed by atoms with E-state index in [1.54, 1.807) is 0 Å². The standard InChI is InChI=1S/C12H16ClNO/c1-9-4-5-11(13)12(7-9)15-10-3-2-6-14-8-10/h4-5,7,10,14H,2-3,6,8H2,1H3. The number of aryl methyl sites for hydroxylation is 1. The number of nitrogens with one attached hydrogen (secondary N) is 1. The molecule has 3 heteroatoms. The third-order valence-corrected chi connectivity index (χ3v) is 2.94. The van der Waals surface area contributed by atoms with Crippen LogP contribution in [0.3, 0.4) is 0 Å². The zero-order chi connectivity index (χ0) is 10.7. The molecule has 1 aromatic rings. The van der Waals surface area contributed by atoms with E-state index < -0.39 is 0 Å². The van der Waals surface area contributed by atoms with Gasteiger partial charge in [0.25, 0.3) is 0 Å². The van der Waals surface area contributed by atoms with Gasteiger partial charge in [-0.25, -0.2) is 0 Å². The Balaban J connectivity index is 2.05. The highest BCUT2D eigenvalue weighted by molar-refractivity contribution is 6.32. The smallest absolute Gasteiger partial charge is 0.138 e. The second kappa shape index (κ2) is 4.86. The molecular formula is C12H16ClNO. The van der Waals surface area contributed by atoms with Crippen LogP contribution in [0, 0.1) is 6.92 Å². The molecule has 0 radical (unpaired) electrons. The number of ether oxygens (including phenoxy) is 1. The fourth-order valence-corrected chi connectivity index (χ4v) is 1.96. The third-order valence-electron chi connectivity index (χ3n) is 2.63. The first-order chi connectivity index (χ1) is 7.25. The van der Waals surface area contributed by atoms with Crippen molar-refractivity contribution in [3.05, 3.63) is 28.8 Å². The minimum Gasteiger partial charge on any atom is -0.488 e. The van der Waals surface area contributed by atoms with Crippen molar-refractivity contribution in [3.63, 3.8) is 0 Å². The maximum Gasteiger partial charge on any atom is 0.138 e. The van der Waals surface area contributed by atoms with Crippen molar-refractivity contribution in [1.82, 2.24) is 5.32 Å². The van der Waals surface area contributed by atoms with Gasteiger partial charge >= 0.3 is 0 Å². The zero-order valence-corrected chi connectivity index (χ0v) is 9.68. The van der Waals surface area contributed by atoms with Crippen LogP contribution in [0.2, 0.25) is 5.02 Å². The van der Waals surface area contributed by atoms with Gasteiger partial charge in [-0.05, 0) is 44.0 Å². The Morgan fingerprint density at radius 3 is 3.07 bits per heavy atom. The Morgan fingerprint density at radius 1 is 1.47 bits per heavy atom. The first kappa shape index (κ1) is 10.8. The average molecular weight is 226 g/mol. The fourth-order valence-electron chi connectivity index (χ4n) is 1.80. The van der Waals surface area contributed by atoms with E-state index in [1.807, 2.05) is 25.1 Å². The Bertz CT molecular complexity index is 334. The number of rotatable bonds is 2. The van der Waals surface area contributed by atoms with Crippen molar-refractivity contribution < 1.29 is 4.74 Å². The topological polar surface area (TPSA) is 21.3 Å². The van der Waals surface area contributed by atoms with Crippen LogP contribution in [-0.2, 0) is 0 Å². The van der Waals surface area contributed by atoms with E-state index in [0.29, 0.717) is 5.02 Å². The molecule has 15 heavy (non-hydrogen) atoms. The largest absolute Gasteiger partial charge is 0.488 e. The summed E-state index contributed by atoms with van der Waals surface area (Å²) in [5, 5.41) is 4.02. The molecule has 0 aromatic heterocycles. The van der Waals surface area contributed by atoms with Crippen molar-refractivity contribution >= 4 is 11.6 Å². The third kappa shape index (κ3) is 2.86. The van der Waals surface area contributed by atoms with Crippen LogP contribution in [0.1, 0.15) is 18.4 Å². The normalized spacial score (nSPS) is 21.3. The molecule has 2 nitrogen and oxygen atoms in total. The van der Waals surface area contributed by atoms with Gasteiger partial charge in [0, 0.05) is 6.54 Å². The molecule has 1 unspecified atom stereocenters. The van der Waals surface area contributed by atoms with Crippen LogP contribution in [0.25, 0.3) is 0 Å². The quantitative estimate of drug-likeness (QED) is 0.836. The van der Waals surface area contributed by atoms with E-state index in [0.717, 1.165) is 25.3 Å². The molecule has 0 saturated carbocycles. The summed E-state index contributed by atoms with van der Waals surface area (Å²) in [5.74, 6) is 0.811. The van der Waals surface area contributed by atoms with Gasteiger partial charge in [0.15, 0.2) is 0 Å². The Morgan fingerprint density at radius 2 is 2.33 bits per heavy atom. The molecule has 1 saturated heterocycles. The lowest BCUT2D eigenvalue weighted by Crippen LogP contribution is -2.37.